The highest BCUT2D eigenvalue weighted by Gasteiger charge is 2.55. The van der Waals surface area contributed by atoms with Gasteiger partial charge in [0.1, 0.15) is 0 Å². The van der Waals surface area contributed by atoms with Gasteiger partial charge in [0.05, 0.1) is 11.1 Å². The largest absolute Gasteiger partial charge is 0.390 e. The van der Waals surface area contributed by atoms with Crippen LogP contribution in [-0.2, 0) is 4.79 Å². The maximum Gasteiger partial charge on any atom is 0.240 e. The van der Waals surface area contributed by atoms with E-state index in [9.17, 15) is 9.90 Å². The molecule has 20 heavy (non-hydrogen) atoms. The zero-order valence-corrected chi connectivity index (χ0v) is 12.3. The molecule has 1 heterocycles. The van der Waals surface area contributed by atoms with Gasteiger partial charge in [-0.05, 0) is 76.2 Å². The molecule has 0 radical (unpaired) electrons. The van der Waals surface area contributed by atoms with Gasteiger partial charge in [0.15, 0.2) is 0 Å². The zero-order chi connectivity index (χ0) is 14.0. The molecular formula is C16H26N2O2. The van der Waals surface area contributed by atoms with Crippen LogP contribution in [0.1, 0.15) is 51.9 Å². The van der Waals surface area contributed by atoms with E-state index in [0.29, 0.717) is 23.8 Å². The first-order chi connectivity index (χ1) is 9.47. The van der Waals surface area contributed by atoms with Crippen molar-refractivity contribution in [3.8, 4) is 0 Å². The fraction of sp³-hybridized carbons (Fsp3) is 0.938. The van der Waals surface area contributed by atoms with Gasteiger partial charge in [0.2, 0.25) is 5.91 Å². The summed E-state index contributed by atoms with van der Waals surface area (Å²) in [6, 6.07) is 0.304. The summed E-state index contributed by atoms with van der Waals surface area (Å²) in [6.45, 7) is 2.97. The molecule has 1 amide bonds. The molecule has 4 nitrogen and oxygen atoms in total. The molecule has 5 fully saturated rings. The van der Waals surface area contributed by atoms with Gasteiger partial charge in [-0.25, -0.2) is 0 Å². The average molecular weight is 278 g/mol. The molecule has 4 saturated carbocycles. The Kier molecular flexibility index (Phi) is 2.75. The molecular weight excluding hydrogens is 252 g/mol. The highest BCUT2D eigenvalue weighted by atomic mass is 16.3. The van der Waals surface area contributed by atoms with Crippen LogP contribution in [0.2, 0.25) is 0 Å². The lowest BCUT2D eigenvalue weighted by atomic mass is 9.52. The van der Waals surface area contributed by atoms with Crippen LogP contribution in [0, 0.1) is 17.8 Å². The van der Waals surface area contributed by atoms with Crippen molar-refractivity contribution in [2.45, 2.75) is 69.1 Å². The normalized spacial score (nSPS) is 53.3. The van der Waals surface area contributed by atoms with Gasteiger partial charge in [-0.1, -0.05) is 0 Å². The SMILES string of the molecule is C[C@@]1(C(=O)NC2C3CC4CC2CC(O)(C4)C3)CCCN1. The average Bonchev–Trinajstić information content (AvgIpc) is 2.80. The Hall–Kier alpha value is -0.610. The Balaban J connectivity index is 1.49. The van der Waals surface area contributed by atoms with E-state index in [2.05, 4.69) is 10.6 Å². The van der Waals surface area contributed by atoms with Crippen LogP contribution in [-0.4, -0.2) is 34.7 Å². The molecule has 1 aliphatic heterocycles. The summed E-state index contributed by atoms with van der Waals surface area (Å²) >= 11 is 0. The zero-order valence-electron chi connectivity index (χ0n) is 12.3. The molecule has 1 saturated heterocycles. The molecule has 4 aliphatic carbocycles. The lowest BCUT2D eigenvalue weighted by Crippen LogP contribution is -2.64. The number of nitrogens with one attached hydrogen (secondary N) is 2. The van der Waals surface area contributed by atoms with Crippen LogP contribution in [0.3, 0.4) is 0 Å². The van der Waals surface area contributed by atoms with E-state index in [-0.39, 0.29) is 11.4 Å². The van der Waals surface area contributed by atoms with E-state index >= 15 is 0 Å². The van der Waals surface area contributed by atoms with Crippen LogP contribution < -0.4 is 10.6 Å². The first-order valence-corrected chi connectivity index (χ1v) is 8.26. The van der Waals surface area contributed by atoms with Gasteiger partial charge < -0.3 is 15.7 Å². The third kappa shape index (κ3) is 1.92. The number of hydrogen-bond acceptors (Lipinski definition) is 3. The maximum absolute atomic E-state index is 12.6. The lowest BCUT2D eigenvalue weighted by molar-refractivity contribution is -0.148. The number of hydrogen-bond donors (Lipinski definition) is 3. The van der Waals surface area contributed by atoms with Crippen molar-refractivity contribution >= 4 is 5.91 Å². The molecule has 0 aromatic carbocycles. The van der Waals surface area contributed by atoms with Gasteiger partial charge >= 0.3 is 0 Å². The minimum absolute atomic E-state index is 0.180. The first-order valence-electron chi connectivity index (χ1n) is 8.26. The number of amides is 1. The molecule has 3 atom stereocenters. The maximum atomic E-state index is 12.6. The fourth-order valence-corrected chi connectivity index (χ4v) is 5.62. The smallest absolute Gasteiger partial charge is 0.240 e. The Morgan fingerprint density at radius 3 is 2.50 bits per heavy atom. The molecule has 0 aromatic heterocycles. The topological polar surface area (TPSA) is 61.4 Å². The number of carbonyl (C=O) groups excluding carboxylic acids is 1. The standard InChI is InChI=1S/C16H26N2O2/c1-15(3-2-4-17-15)14(19)18-13-11-5-10-6-12(13)9-16(20,7-10)8-11/h10-13,17,20H,2-9H2,1H3,(H,18,19)/t10?,11?,12?,13?,15-,16?/m0/s1. The van der Waals surface area contributed by atoms with E-state index in [1.165, 1.54) is 12.8 Å². The van der Waals surface area contributed by atoms with Crippen LogP contribution >= 0.6 is 0 Å². The Labute approximate surface area is 120 Å². The van der Waals surface area contributed by atoms with Gasteiger partial charge in [0, 0.05) is 6.04 Å². The summed E-state index contributed by atoms with van der Waals surface area (Å²) < 4.78 is 0. The molecule has 5 aliphatic rings. The molecule has 0 aromatic rings. The van der Waals surface area contributed by atoms with Crippen LogP contribution in [0.15, 0.2) is 0 Å². The van der Waals surface area contributed by atoms with E-state index < -0.39 is 5.60 Å². The van der Waals surface area contributed by atoms with E-state index in [4.69, 9.17) is 0 Å². The predicted molar refractivity (Wildman–Crippen MR) is 76.1 cm³/mol. The fourth-order valence-electron chi connectivity index (χ4n) is 5.62. The van der Waals surface area contributed by atoms with Crippen molar-refractivity contribution < 1.29 is 9.90 Å². The second kappa shape index (κ2) is 4.20. The predicted octanol–water partition coefficient (Wildman–Crippen LogP) is 1.18. The number of carbonyl (C=O) groups is 1. The molecule has 4 heteroatoms. The highest BCUT2D eigenvalue weighted by Crippen LogP contribution is 2.55. The highest BCUT2D eigenvalue weighted by molar-refractivity contribution is 5.86. The molecule has 4 bridgehead atoms. The molecule has 3 N–H and O–H groups in total. The van der Waals surface area contributed by atoms with Crippen molar-refractivity contribution in [1.82, 2.24) is 10.6 Å². The second-order valence-electron chi connectivity index (χ2n) is 8.06. The minimum Gasteiger partial charge on any atom is -0.390 e. The van der Waals surface area contributed by atoms with Crippen molar-refractivity contribution in [2.75, 3.05) is 6.54 Å². The van der Waals surface area contributed by atoms with E-state index in [0.717, 1.165) is 38.6 Å². The Morgan fingerprint density at radius 1 is 1.25 bits per heavy atom. The summed E-state index contributed by atoms with van der Waals surface area (Å²) in [4.78, 5) is 12.6. The summed E-state index contributed by atoms with van der Waals surface area (Å²) in [7, 11) is 0. The van der Waals surface area contributed by atoms with Crippen LogP contribution in [0.4, 0.5) is 0 Å². The second-order valence-corrected chi connectivity index (χ2v) is 8.06. The molecule has 5 rings (SSSR count). The van der Waals surface area contributed by atoms with Crippen LogP contribution in [0.25, 0.3) is 0 Å². The summed E-state index contributed by atoms with van der Waals surface area (Å²) in [6.07, 6.45) is 7.22. The molecule has 0 spiro atoms. The van der Waals surface area contributed by atoms with Gasteiger partial charge in [-0.3, -0.25) is 4.79 Å². The van der Waals surface area contributed by atoms with Crippen molar-refractivity contribution in [3.05, 3.63) is 0 Å². The van der Waals surface area contributed by atoms with Gasteiger partial charge in [0.25, 0.3) is 0 Å². The third-order valence-corrected chi connectivity index (χ3v) is 6.41. The quantitative estimate of drug-likeness (QED) is 0.711. The molecule has 112 valence electrons. The Bertz CT molecular complexity index is 414. The Morgan fingerprint density at radius 2 is 1.95 bits per heavy atom. The lowest BCUT2D eigenvalue weighted by Gasteiger charge is -2.58. The number of rotatable bonds is 2. The summed E-state index contributed by atoms with van der Waals surface area (Å²) in [5.74, 6) is 1.88. The van der Waals surface area contributed by atoms with E-state index in [1.807, 2.05) is 6.92 Å². The van der Waals surface area contributed by atoms with Gasteiger partial charge in [-0.2, -0.15) is 0 Å². The number of aliphatic hydroxyl groups is 1. The van der Waals surface area contributed by atoms with Crippen molar-refractivity contribution in [1.29, 1.82) is 0 Å². The minimum atomic E-state index is -0.409. The monoisotopic (exact) mass is 278 g/mol. The van der Waals surface area contributed by atoms with Gasteiger partial charge in [-0.15, -0.1) is 0 Å². The van der Waals surface area contributed by atoms with Crippen LogP contribution in [0.5, 0.6) is 0 Å². The van der Waals surface area contributed by atoms with E-state index in [1.54, 1.807) is 0 Å². The van der Waals surface area contributed by atoms with Crippen molar-refractivity contribution in [3.63, 3.8) is 0 Å². The summed E-state index contributed by atoms with van der Waals surface area (Å²) in [5, 5.41) is 17.3. The summed E-state index contributed by atoms with van der Waals surface area (Å²) in [5.41, 5.74) is -0.779. The first kappa shape index (κ1) is 13.1. The van der Waals surface area contributed by atoms with Crippen molar-refractivity contribution in [2.24, 2.45) is 17.8 Å². The third-order valence-electron chi connectivity index (χ3n) is 6.41. The molecule has 2 unspecified atom stereocenters.